The Balaban J connectivity index is 1.88. The smallest absolute Gasteiger partial charge is 0.262 e. The van der Waals surface area contributed by atoms with Crippen molar-refractivity contribution in [2.75, 3.05) is 0 Å². The Bertz CT molecular complexity index is 1310. The van der Waals surface area contributed by atoms with Crippen LogP contribution in [-0.2, 0) is 13.0 Å². The second-order valence-electron chi connectivity index (χ2n) is 7.28. The van der Waals surface area contributed by atoms with Crippen LogP contribution in [0.1, 0.15) is 16.1 Å². The van der Waals surface area contributed by atoms with Crippen molar-refractivity contribution in [1.29, 1.82) is 0 Å². The van der Waals surface area contributed by atoms with Crippen LogP contribution in [0.15, 0.2) is 59.4 Å². The van der Waals surface area contributed by atoms with Gasteiger partial charge in [-0.1, -0.05) is 18.2 Å². The predicted octanol–water partition coefficient (Wildman–Crippen LogP) is 5.48. The third-order valence-electron chi connectivity index (χ3n) is 5.10. The van der Waals surface area contributed by atoms with Gasteiger partial charge in [0.25, 0.3) is 5.56 Å². The minimum absolute atomic E-state index is 0.146. The van der Waals surface area contributed by atoms with Crippen molar-refractivity contribution in [2.24, 2.45) is 0 Å². The van der Waals surface area contributed by atoms with Crippen molar-refractivity contribution >= 4 is 11.3 Å². The first-order valence-electron chi connectivity index (χ1n) is 9.75. The summed E-state index contributed by atoms with van der Waals surface area (Å²) in [5, 5.41) is 10.3. The summed E-state index contributed by atoms with van der Waals surface area (Å²) in [7, 11) is 0. The molecule has 0 aliphatic carbocycles. The first-order chi connectivity index (χ1) is 14.8. The number of phenols is 1. The molecule has 0 bridgehead atoms. The summed E-state index contributed by atoms with van der Waals surface area (Å²) >= 11 is 1.50. The lowest BCUT2D eigenvalue weighted by Crippen LogP contribution is -2.27. The monoisotopic (exact) mass is 438 g/mol. The van der Waals surface area contributed by atoms with E-state index < -0.39 is 11.6 Å². The number of aromatic hydroxyl groups is 1. The van der Waals surface area contributed by atoms with E-state index in [-0.39, 0.29) is 29.3 Å². The van der Waals surface area contributed by atoms with E-state index >= 15 is 0 Å². The predicted molar refractivity (Wildman–Crippen MR) is 118 cm³/mol. The highest BCUT2D eigenvalue weighted by Gasteiger charge is 2.21. The number of aromatic nitrogens is 2. The molecule has 4 aromatic rings. The zero-order valence-corrected chi connectivity index (χ0v) is 17.8. The summed E-state index contributed by atoms with van der Waals surface area (Å²) < 4.78 is 28.7. The lowest BCUT2D eigenvalue weighted by atomic mass is 10.1. The second kappa shape index (κ2) is 8.43. The number of benzene rings is 2. The van der Waals surface area contributed by atoms with E-state index in [1.165, 1.54) is 40.2 Å². The molecule has 0 aliphatic rings. The van der Waals surface area contributed by atoms with Gasteiger partial charge in [0.05, 0.1) is 16.8 Å². The van der Waals surface area contributed by atoms with E-state index in [1.807, 2.05) is 19.1 Å². The Hall–Kier alpha value is -3.32. The van der Waals surface area contributed by atoms with Crippen LogP contribution in [0.3, 0.4) is 0 Å². The number of aryl methyl sites for hydroxylation is 3. The molecule has 0 amide bonds. The first-order valence-corrected chi connectivity index (χ1v) is 10.6. The number of thiophene rings is 1. The molecule has 2 aromatic heterocycles. The highest BCUT2D eigenvalue weighted by Crippen LogP contribution is 2.32. The fraction of sp³-hybridized carbons (Fsp3) is 0.167. The molecule has 0 atom stereocenters. The second-order valence-corrected chi connectivity index (χ2v) is 8.56. The molecule has 158 valence electrons. The number of hydrogen-bond donors (Lipinski definition) is 1. The molecule has 0 unspecified atom stereocenters. The van der Waals surface area contributed by atoms with Crippen LogP contribution < -0.4 is 5.56 Å². The van der Waals surface area contributed by atoms with Gasteiger partial charge < -0.3 is 5.11 Å². The number of halogens is 2. The molecule has 2 aromatic carbocycles. The van der Waals surface area contributed by atoms with Gasteiger partial charge >= 0.3 is 0 Å². The van der Waals surface area contributed by atoms with E-state index in [9.17, 15) is 18.7 Å². The molecule has 31 heavy (non-hydrogen) atoms. The highest BCUT2D eigenvalue weighted by molar-refractivity contribution is 7.15. The van der Waals surface area contributed by atoms with Crippen LogP contribution in [0.4, 0.5) is 8.78 Å². The maximum atomic E-state index is 14.0. The van der Waals surface area contributed by atoms with Crippen molar-refractivity contribution in [2.45, 2.75) is 26.8 Å². The minimum Gasteiger partial charge on any atom is -0.504 e. The van der Waals surface area contributed by atoms with Crippen molar-refractivity contribution in [1.82, 2.24) is 9.55 Å². The van der Waals surface area contributed by atoms with Crippen molar-refractivity contribution in [3.05, 3.63) is 92.7 Å². The molecule has 0 saturated heterocycles. The molecule has 1 N–H and O–H groups in total. The van der Waals surface area contributed by atoms with Gasteiger partial charge in [0.15, 0.2) is 11.6 Å². The average molecular weight is 438 g/mol. The SMILES string of the molecule is Cc1ccc(-c2c(C)nc(-c3cccc(F)c3O)n(CCc3ccc(F)cc3)c2=O)s1. The van der Waals surface area contributed by atoms with Gasteiger partial charge in [-0.15, -0.1) is 11.3 Å². The number of rotatable bonds is 5. The van der Waals surface area contributed by atoms with Crippen molar-refractivity contribution in [3.63, 3.8) is 0 Å². The van der Waals surface area contributed by atoms with Crippen LogP contribution >= 0.6 is 11.3 Å². The Labute approximate surface area is 182 Å². The summed E-state index contributed by atoms with van der Waals surface area (Å²) in [6, 6.07) is 14.0. The van der Waals surface area contributed by atoms with Gasteiger partial charge in [0, 0.05) is 16.3 Å². The third kappa shape index (κ3) is 4.14. The fourth-order valence-corrected chi connectivity index (χ4v) is 4.47. The number of para-hydroxylation sites is 1. The molecule has 0 saturated carbocycles. The van der Waals surface area contributed by atoms with Gasteiger partial charge in [-0.3, -0.25) is 9.36 Å². The highest BCUT2D eigenvalue weighted by atomic mass is 32.1. The van der Waals surface area contributed by atoms with Gasteiger partial charge in [0.2, 0.25) is 0 Å². The van der Waals surface area contributed by atoms with Crippen LogP contribution in [0, 0.1) is 25.5 Å². The number of hydrogen-bond acceptors (Lipinski definition) is 4. The van der Waals surface area contributed by atoms with E-state index in [4.69, 9.17) is 0 Å². The van der Waals surface area contributed by atoms with E-state index in [0.717, 1.165) is 21.4 Å². The molecule has 2 heterocycles. The summed E-state index contributed by atoms with van der Waals surface area (Å²) in [5.41, 5.74) is 1.71. The molecule has 4 rings (SSSR count). The summed E-state index contributed by atoms with van der Waals surface area (Å²) in [6.45, 7) is 3.93. The zero-order valence-electron chi connectivity index (χ0n) is 17.0. The molecule has 0 aliphatic heterocycles. The van der Waals surface area contributed by atoms with E-state index in [0.29, 0.717) is 17.7 Å². The molecular weight excluding hydrogens is 418 g/mol. The van der Waals surface area contributed by atoms with Crippen LogP contribution in [0.5, 0.6) is 5.75 Å². The number of phenolic OH excluding ortho intramolecular Hbond substituents is 1. The van der Waals surface area contributed by atoms with Crippen LogP contribution in [0.25, 0.3) is 21.8 Å². The summed E-state index contributed by atoms with van der Waals surface area (Å²) in [5.74, 6) is -1.48. The van der Waals surface area contributed by atoms with E-state index in [2.05, 4.69) is 4.98 Å². The molecule has 0 spiro atoms. The summed E-state index contributed by atoms with van der Waals surface area (Å²) in [4.78, 5) is 20.0. The quantitative estimate of drug-likeness (QED) is 0.449. The largest absolute Gasteiger partial charge is 0.504 e. The Morgan fingerprint density at radius 1 is 1.03 bits per heavy atom. The first kappa shape index (κ1) is 20.9. The van der Waals surface area contributed by atoms with E-state index in [1.54, 1.807) is 19.1 Å². The van der Waals surface area contributed by atoms with Crippen LogP contribution in [0.2, 0.25) is 0 Å². The zero-order chi connectivity index (χ0) is 22.1. The Morgan fingerprint density at radius 2 is 1.77 bits per heavy atom. The Morgan fingerprint density at radius 3 is 2.45 bits per heavy atom. The van der Waals surface area contributed by atoms with Gasteiger partial charge in [0.1, 0.15) is 11.6 Å². The molecule has 4 nitrogen and oxygen atoms in total. The minimum atomic E-state index is -0.785. The fourth-order valence-electron chi connectivity index (χ4n) is 3.51. The maximum Gasteiger partial charge on any atom is 0.262 e. The molecule has 0 fully saturated rings. The van der Waals surface area contributed by atoms with Gasteiger partial charge in [-0.05, 0) is 62.2 Å². The van der Waals surface area contributed by atoms with Crippen molar-refractivity contribution in [3.8, 4) is 27.6 Å². The maximum absolute atomic E-state index is 14.0. The summed E-state index contributed by atoms with van der Waals surface area (Å²) in [6.07, 6.45) is 0.441. The Kier molecular flexibility index (Phi) is 5.69. The number of nitrogens with zero attached hydrogens (tertiary/aromatic N) is 2. The van der Waals surface area contributed by atoms with Gasteiger partial charge in [-0.2, -0.15) is 0 Å². The lowest BCUT2D eigenvalue weighted by Gasteiger charge is -2.16. The van der Waals surface area contributed by atoms with Crippen LogP contribution in [-0.4, -0.2) is 14.7 Å². The lowest BCUT2D eigenvalue weighted by molar-refractivity contribution is 0.433. The molecular formula is C24H20F2N2O2S. The standard InChI is InChI=1S/C24H20F2N2O2S/c1-14-6-11-20(31-14)21-15(2)27-23(18-4-3-5-19(26)22(18)29)28(24(21)30)13-12-16-7-9-17(25)10-8-16/h3-11,29H,12-13H2,1-2H3. The van der Waals surface area contributed by atoms with Gasteiger partial charge in [-0.25, -0.2) is 13.8 Å². The third-order valence-corrected chi connectivity index (χ3v) is 6.12. The normalized spacial score (nSPS) is 11.1. The topological polar surface area (TPSA) is 55.1 Å². The molecule has 0 radical (unpaired) electrons. The van der Waals surface area contributed by atoms with Crippen molar-refractivity contribution < 1.29 is 13.9 Å². The average Bonchev–Trinajstić information content (AvgIpc) is 3.16. The molecule has 7 heteroatoms.